The highest BCUT2D eigenvalue weighted by molar-refractivity contribution is 5.27. The van der Waals surface area contributed by atoms with Crippen LogP contribution < -0.4 is 10.1 Å². The predicted octanol–water partition coefficient (Wildman–Crippen LogP) is 1.83. The minimum atomic E-state index is 0.691. The van der Waals surface area contributed by atoms with E-state index in [4.69, 9.17) is 4.74 Å². The Morgan fingerprint density at radius 3 is 2.68 bits per heavy atom. The number of hydrogen-bond donors (Lipinski definition) is 1. The second kappa shape index (κ2) is 6.89. The molecule has 0 radical (unpaired) electrons. The maximum atomic E-state index is 5.42. The Morgan fingerprint density at radius 1 is 1.21 bits per heavy atom. The quantitative estimate of drug-likeness (QED) is 0.825. The molecule has 1 aromatic heterocycles. The van der Waals surface area contributed by atoms with E-state index in [1.54, 1.807) is 0 Å². The maximum absolute atomic E-state index is 5.42. The van der Waals surface area contributed by atoms with Crippen molar-refractivity contribution in [3.05, 3.63) is 41.7 Å². The first-order valence-corrected chi connectivity index (χ1v) is 6.63. The van der Waals surface area contributed by atoms with Gasteiger partial charge in [-0.2, -0.15) is 0 Å². The van der Waals surface area contributed by atoms with E-state index < -0.39 is 0 Å². The van der Waals surface area contributed by atoms with Crippen LogP contribution in [0.1, 0.15) is 25.1 Å². The summed E-state index contributed by atoms with van der Waals surface area (Å²) in [6.07, 6.45) is 1.97. The van der Waals surface area contributed by atoms with Crippen molar-refractivity contribution in [3.63, 3.8) is 0 Å². The average molecular weight is 260 g/mol. The van der Waals surface area contributed by atoms with Gasteiger partial charge in [0.05, 0.1) is 25.0 Å². The summed E-state index contributed by atoms with van der Waals surface area (Å²) in [5, 5.41) is 11.5. The normalized spacial score (nSPS) is 10.6. The molecule has 2 aromatic rings. The third kappa shape index (κ3) is 4.06. The zero-order valence-corrected chi connectivity index (χ0v) is 11.5. The summed E-state index contributed by atoms with van der Waals surface area (Å²) in [5.41, 5.74) is 2.15. The van der Waals surface area contributed by atoms with Crippen molar-refractivity contribution in [3.8, 4) is 5.75 Å². The van der Waals surface area contributed by atoms with Crippen LogP contribution >= 0.6 is 0 Å². The molecule has 0 atom stereocenters. The number of aromatic nitrogens is 3. The first kappa shape index (κ1) is 13.5. The molecule has 0 bridgehead atoms. The average Bonchev–Trinajstić information content (AvgIpc) is 2.87. The Morgan fingerprint density at radius 2 is 2.00 bits per heavy atom. The number of benzene rings is 1. The van der Waals surface area contributed by atoms with Gasteiger partial charge in [-0.3, -0.25) is 0 Å². The van der Waals surface area contributed by atoms with Crippen LogP contribution in [0.5, 0.6) is 5.75 Å². The molecule has 1 N–H and O–H groups in total. The SMILES string of the molecule is CCNCc1cn(Cc2ccc(OCC)cc2)nn1. The summed E-state index contributed by atoms with van der Waals surface area (Å²) in [5.74, 6) is 0.901. The highest BCUT2D eigenvalue weighted by Gasteiger charge is 2.01. The molecule has 1 heterocycles. The van der Waals surface area contributed by atoms with Gasteiger partial charge in [0.2, 0.25) is 0 Å². The molecule has 0 saturated heterocycles. The van der Waals surface area contributed by atoms with Crippen molar-refractivity contribution in [2.75, 3.05) is 13.2 Å². The van der Waals surface area contributed by atoms with Crippen molar-refractivity contribution in [2.45, 2.75) is 26.9 Å². The van der Waals surface area contributed by atoms with Gasteiger partial charge in [-0.15, -0.1) is 5.10 Å². The zero-order valence-electron chi connectivity index (χ0n) is 11.5. The van der Waals surface area contributed by atoms with Crippen molar-refractivity contribution in [2.24, 2.45) is 0 Å². The Bertz CT molecular complexity index is 492. The third-order valence-electron chi connectivity index (χ3n) is 2.72. The molecule has 5 heteroatoms. The zero-order chi connectivity index (χ0) is 13.5. The van der Waals surface area contributed by atoms with Crippen LogP contribution in [0.4, 0.5) is 0 Å². The molecule has 0 amide bonds. The Balaban J connectivity index is 1.94. The van der Waals surface area contributed by atoms with Crippen LogP contribution in [0, 0.1) is 0 Å². The van der Waals surface area contributed by atoms with Gasteiger partial charge in [0.25, 0.3) is 0 Å². The molecular weight excluding hydrogens is 240 g/mol. The number of nitrogens with one attached hydrogen (secondary N) is 1. The van der Waals surface area contributed by atoms with Gasteiger partial charge in [0.1, 0.15) is 5.75 Å². The smallest absolute Gasteiger partial charge is 0.119 e. The molecule has 0 spiro atoms. The van der Waals surface area contributed by atoms with Gasteiger partial charge in [-0.05, 0) is 31.2 Å². The van der Waals surface area contributed by atoms with Crippen LogP contribution in [0.15, 0.2) is 30.5 Å². The second-order valence-electron chi connectivity index (χ2n) is 4.26. The first-order valence-electron chi connectivity index (χ1n) is 6.63. The van der Waals surface area contributed by atoms with E-state index in [9.17, 15) is 0 Å². The van der Waals surface area contributed by atoms with E-state index in [2.05, 4.69) is 34.7 Å². The topological polar surface area (TPSA) is 52.0 Å². The van der Waals surface area contributed by atoms with Gasteiger partial charge in [0, 0.05) is 6.54 Å². The lowest BCUT2D eigenvalue weighted by atomic mass is 10.2. The molecule has 102 valence electrons. The molecule has 5 nitrogen and oxygen atoms in total. The highest BCUT2D eigenvalue weighted by atomic mass is 16.5. The molecular formula is C14H20N4O. The second-order valence-corrected chi connectivity index (χ2v) is 4.26. The fourth-order valence-electron chi connectivity index (χ4n) is 1.79. The molecule has 0 fully saturated rings. The van der Waals surface area contributed by atoms with E-state index in [1.165, 1.54) is 5.56 Å². The molecule has 0 aliphatic heterocycles. The summed E-state index contributed by atoms with van der Waals surface area (Å²) in [6.45, 7) is 7.17. The molecule has 19 heavy (non-hydrogen) atoms. The van der Waals surface area contributed by atoms with E-state index >= 15 is 0 Å². The number of ether oxygens (including phenoxy) is 1. The summed E-state index contributed by atoms with van der Waals surface area (Å²) in [7, 11) is 0. The van der Waals surface area contributed by atoms with E-state index in [1.807, 2.05) is 29.9 Å². The number of nitrogens with zero attached hydrogens (tertiary/aromatic N) is 3. The minimum absolute atomic E-state index is 0.691. The minimum Gasteiger partial charge on any atom is -0.494 e. The van der Waals surface area contributed by atoms with Gasteiger partial charge in [-0.25, -0.2) is 4.68 Å². The number of rotatable bonds is 7. The van der Waals surface area contributed by atoms with Crippen LogP contribution in [0.3, 0.4) is 0 Å². The summed E-state index contributed by atoms with van der Waals surface area (Å²) in [6, 6.07) is 8.07. The van der Waals surface area contributed by atoms with Crippen molar-refractivity contribution < 1.29 is 4.74 Å². The molecule has 0 aliphatic carbocycles. The van der Waals surface area contributed by atoms with E-state index in [0.29, 0.717) is 6.61 Å². The fraction of sp³-hybridized carbons (Fsp3) is 0.429. The standard InChI is InChI=1S/C14H20N4O/c1-3-15-9-13-11-18(17-16-13)10-12-5-7-14(8-6-12)19-4-2/h5-8,11,15H,3-4,9-10H2,1-2H3. The molecule has 0 aliphatic rings. The van der Waals surface area contributed by atoms with Crippen LogP contribution in [-0.4, -0.2) is 28.1 Å². The van der Waals surface area contributed by atoms with E-state index in [0.717, 1.165) is 31.1 Å². The Kier molecular flexibility index (Phi) is 4.92. The third-order valence-corrected chi connectivity index (χ3v) is 2.72. The van der Waals surface area contributed by atoms with Gasteiger partial charge in [-0.1, -0.05) is 24.3 Å². The fourth-order valence-corrected chi connectivity index (χ4v) is 1.79. The Hall–Kier alpha value is -1.88. The van der Waals surface area contributed by atoms with Crippen LogP contribution in [-0.2, 0) is 13.1 Å². The van der Waals surface area contributed by atoms with Gasteiger partial charge in [0.15, 0.2) is 0 Å². The largest absolute Gasteiger partial charge is 0.494 e. The van der Waals surface area contributed by atoms with Gasteiger partial charge >= 0.3 is 0 Å². The summed E-state index contributed by atoms with van der Waals surface area (Å²) < 4.78 is 7.27. The lowest BCUT2D eigenvalue weighted by Crippen LogP contribution is -2.11. The molecule has 1 aromatic carbocycles. The molecule has 0 unspecified atom stereocenters. The highest BCUT2D eigenvalue weighted by Crippen LogP contribution is 2.12. The Labute approximate surface area is 113 Å². The molecule has 2 rings (SSSR count). The lowest BCUT2D eigenvalue weighted by Gasteiger charge is -2.04. The van der Waals surface area contributed by atoms with Crippen molar-refractivity contribution >= 4 is 0 Å². The van der Waals surface area contributed by atoms with Crippen LogP contribution in [0.25, 0.3) is 0 Å². The number of hydrogen-bond acceptors (Lipinski definition) is 4. The first-order chi connectivity index (χ1) is 9.31. The predicted molar refractivity (Wildman–Crippen MR) is 74.1 cm³/mol. The van der Waals surface area contributed by atoms with Crippen molar-refractivity contribution in [1.82, 2.24) is 20.3 Å². The monoisotopic (exact) mass is 260 g/mol. The van der Waals surface area contributed by atoms with Gasteiger partial charge < -0.3 is 10.1 Å². The lowest BCUT2D eigenvalue weighted by molar-refractivity contribution is 0.340. The molecule has 0 saturated carbocycles. The van der Waals surface area contributed by atoms with Crippen molar-refractivity contribution in [1.29, 1.82) is 0 Å². The van der Waals surface area contributed by atoms with Crippen LogP contribution in [0.2, 0.25) is 0 Å². The summed E-state index contributed by atoms with van der Waals surface area (Å²) in [4.78, 5) is 0. The maximum Gasteiger partial charge on any atom is 0.119 e. The van der Waals surface area contributed by atoms with E-state index in [-0.39, 0.29) is 0 Å². The summed E-state index contributed by atoms with van der Waals surface area (Å²) >= 11 is 0.